The highest BCUT2D eigenvalue weighted by atomic mass is 19.4. The van der Waals surface area contributed by atoms with E-state index in [1.165, 1.54) is 0 Å². The number of alkyl halides is 3. The second kappa shape index (κ2) is 6.68. The molecule has 0 aliphatic carbocycles. The molecule has 3 N–H and O–H groups in total. The molecule has 0 aliphatic heterocycles. The fraction of sp³-hybridized carbons (Fsp3) is 0.778. The zero-order valence-electron chi connectivity index (χ0n) is 8.12. The second-order valence-electron chi connectivity index (χ2n) is 2.98. The first kappa shape index (κ1) is 13.3. The zero-order chi connectivity index (χ0) is 11.0. The third kappa shape index (κ3) is 7.90. The monoisotopic (exact) mass is 208 g/mol. The van der Waals surface area contributed by atoms with E-state index >= 15 is 0 Å². The first-order valence-corrected chi connectivity index (χ1v) is 4.42. The van der Waals surface area contributed by atoms with Crippen molar-refractivity contribution in [3.63, 3.8) is 0 Å². The third-order valence-electron chi connectivity index (χ3n) is 1.81. The molecule has 0 heterocycles. The van der Waals surface area contributed by atoms with Gasteiger partial charge in [0.1, 0.15) is 0 Å². The average Bonchev–Trinajstić information content (AvgIpc) is 2.09. The molecular formula is C9H15F3N2. The molecule has 1 atom stereocenters. The summed E-state index contributed by atoms with van der Waals surface area (Å²) in [4.78, 5) is 0. The molecule has 0 radical (unpaired) electrons. The Hall–Kier alpha value is -0.730. The summed E-state index contributed by atoms with van der Waals surface area (Å²) in [5.41, 5.74) is 2.37. The highest BCUT2D eigenvalue weighted by Gasteiger charge is 2.27. The predicted octanol–water partition coefficient (Wildman–Crippen LogP) is 1.96. The number of hydrogen-bond acceptors (Lipinski definition) is 2. The van der Waals surface area contributed by atoms with E-state index in [0.717, 1.165) is 0 Å². The van der Waals surface area contributed by atoms with E-state index in [1.807, 2.05) is 0 Å². The van der Waals surface area contributed by atoms with Crippen molar-refractivity contribution in [2.45, 2.75) is 44.8 Å². The minimum Gasteiger partial charge on any atom is -0.271 e. The molecule has 0 saturated carbocycles. The average molecular weight is 208 g/mol. The Kier molecular flexibility index (Phi) is 6.34. The number of nitrogens with one attached hydrogen (secondary N) is 1. The Labute approximate surface area is 82.0 Å². The highest BCUT2D eigenvalue weighted by molar-refractivity contribution is 4.95. The summed E-state index contributed by atoms with van der Waals surface area (Å²) in [6.07, 6.45) is -3.78. The molecule has 0 spiro atoms. The van der Waals surface area contributed by atoms with Crippen molar-refractivity contribution in [1.29, 1.82) is 0 Å². The van der Waals surface area contributed by atoms with Gasteiger partial charge in [0, 0.05) is 18.9 Å². The number of halogens is 3. The van der Waals surface area contributed by atoms with Crippen LogP contribution in [0.25, 0.3) is 0 Å². The first-order valence-electron chi connectivity index (χ1n) is 4.42. The van der Waals surface area contributed by atoms with Crippen LogP contribution in [0, 0.1) is 11.8 Å². The van der Waals surface area contributed by atoms with Crippen LogP contribution in [-0.4, -0.2) is 12.2 Å². The van der Waals surface area contributed by atoms with Crippen LogP contribution in [0.3, 0.4) is 0 Å². The van der Waals surface area contributed by atoms with Crippen molar-refractivity contribution >= 4 is 0 Å². The Bertz CT molecular complexity index is 202. The fourth-order valence-electron chi connectivity index (χ4n) is 1.02. The lowest BCUT2D eigenvalue weighted by molar-refractivity contribution is -0.136. The third-order valence-corrected chi connectivity index (χ3v) is 1.81. The minimum atomic E-state index is -4.11. The van der Waals surface area contributed by atoms with E-state index in [0.29, 0.717) is 12.8 Å². The largest absolute Gasteiger partial charge is 0.389 e. The number of hydrazine groups is 1. The summed E-state index contributed by atoms with van der Waals surface area (Å²) >= 11 is 0. The molecule has 82 valence electrons. The molecule has 0 aromatic rings. The molecule has 0 aromatic carbocycles. The van der Waals surface area contributed by atoms with Crippen molar-refractivity contribution in [1.82, 2.24) is 5.43 Å². The molecule has 0 bridgehead atoms. The van der Waals surface area contributed by atoms with E-state index in [-0.39, 0.29) is 12.5 Å². The Morgan fingerprint density at radius 3 is 2.43 bits per heavy atom. The minimum absolute atomic E-state index is 0.00535. The normalized spacial score (nSPS) is 13.2. The number of hydrogen-bond donors (Lipinski definition) is 2. The van der Waals surface area contributed by atoms with Crippen molar-refractivity contribution in [3.05, 3.63) is 0 Å². The van der Waals surface area contributed by atoms with Gasteiger partial charge in [0.25, 0.3) is 0 Å². The number of nitrogens with two attached hydrogens (primary N) is 1. The lowest BCUT2D eigenvalue weighted by Crippen LogP contribution is -2.35. The van der Waals surface area contributed by atoms with Crippen LogP contribution in [0.15, 0.2) is 0 Å². The quantitative estimate of drug-likeness (QED) is 0.412. The standard InChI is InChI=1S/C9H15F3N2/c1-2-3-4-5-8(14-13)6-7-9(10,11)12/h8,14H,4-7,13H2,1H3. The molecule has 0 rings (SSSR count). The smallest absolute Gasteiger partial charge is 0.271 e. The van der Waals surface area contributed by atoms with Gasteiger partial charge in [-0.15, -0.1) is 11.8 Å². The van der Waals surface area contributed by atoms with E-state index in [1.54, 1.807) is 6.92 Å². The van der Waals surface area contributed by atoms with Gasteiger partial charge in [-0.1, -0.05) is 0 Å². The van der Waals surface area contributed by atoms with Crippen molar-refractivity contribution in [3.8, 4) is 11.8 Å². The molecular weight excluding hydrogens is 193 g/mol. The van der Waals surface area contributed by atoms with Gasteiger partial charge in [0.2, 0.25) is 0 Å². The van der Waals surface area contributed by atoms with Gasteiger partial charge in [-0.3, -0.25) is 11.3 Å². The van der Waals surface area contributed by atoms with Gasteiger partial charge >= 0.3 is 6.18 Å². The van der Waals surface area contributed by atoms with E-state index in [4.69, 9.17) is 5.84 Å². The molecule has 5 heteroatoms. The Morgan fingerprint density at radius 2 is 2.00 bits per heavy atom. The topological polar surface area (TPSA) is 38.0 Å². The Morgan fingerprint density at radius 1 is 1.36 bits per heavy atom. The maximum atomic E-state index is 11.8. The molecule has 2 nitrogen and oxygen atoms in total. The second-order valence-corrected chi connectivity index (χ2v) is 2.98. The van der Waals surface area contributed by atoms with Gasteiger partial charge in [-0.25, -0.2) is 0 Å². The van der Waals surface area contributed by atoms with Gasteiger partial charge in [0.15, 0.2) is 0 Å². The summed E-state index contributed by atoms with van der Waals surface area (Å²) in [6, 6.07) is -0.308. The summed E-state index contributed by atoms with van der Waals surface area (Å²) in [5, 5.41) is 0. The van der Waals surface area contributed by atoms with Crippen molar-refractivity contribution in [2.75, 3.05) is 0 Å². The van der Waals surface area contributed by atoms with E-state index in [2.05, 4.69) is 17.3 Å². The van der Waals surface area contributed by atoms with Gasteiger partial charge in [-0.05, 0) is 19.8 Å². The first-order chi connectivity index (χ1) is 6.49. The molecule has 14 heavy (non-hydrogen) atoms. The maximum absolute atomic E-state index is 11.8. The maximum Gasteiger partial charge on any atom is 0.389 e. The predicted molar refractivity (Wildman–Crippen MR) is 49.1 cm³/mol. The highest BCUT2D eigenvalue weighted by Crippen LogP contribution is 2.22. The van der Waals surface area contributed by atoms with Crippen LogP contribution in [0.5, 0.6) is 0 Å². The fourth-order valence-corrected chi connectivity index (χ4v) is 1.02. The summed E-state index contributed by atoms with van der Waals surface area (Å²) in [5.74, 6) is 10.6. The molecule has 0 fully saturated rings. The van der Waals surface area contributed by atoms with Crippen LogP contribution < -0.4 is 11.3 Å². The van der Waals surface area contributed by atoms with Crippen LogP contribution >= 0.6 is 0 Å². The lowest BCUT2D eigenvalue weighted by Gasteiger charge is -2.15. The molecule has 0 aliphatic rings. The molecule has 0 amide bonds. The SMILES string of the molecule is CC#CCCC(CCC(F)(F)F)NN. The summed E-state index contributed by atoms with van der Waals surface area (Å²) < 4.78 is 35.5. The van der Waals surface area contributed by atoms with Crippen molar-refractivity contribution in [2.24, 2.45) is 5.84 Å². The zero-order valence-corrected chi connectivity index (χ0v) is 8.12. The van der Waals surface area contributed by atoms with Gasteiger partial charge in [-0.2, -0.15) is 13.2 Å². The molecule has 1 unspecified atom stereocenters. The Balaban J connectivity index is 3.72. The molecule has 0 aromatic heterocycles. The van der Waals surface area contributed by atoms with Gasteiger partial charge < -0.3 is 0 Å². The lowest BCUT2D eigenvalue weighted by atomic mass is 10.1. The van der Waals surface area contributed by atoms with Gasteiger partial charge in [0.05, 0.1) is 0 Å². The van der Waals surface area contributed by atoms with E-state index in [9.17, 15) is 13.2 Å². The van der Waals surface area contributed by atoms with Crippen molar-refractivity contribution < 1.29 is 13.2 Å². The van der Waals surface area contributed by atoms with E-state index < -0.39 is 12.6 Å². The summed E-state index contributed by atoms with van der Waals surface area (Å²) in [6.45, 7) is 1.70. The summed E-state index contributed by atoms with van der Waals surface area (Å²) in [7, 11) is 0. The van der Waals surface area contributed by atoms with Crippen LogP contribution in [0.2, 0.25) is 0 Å². The van der Waals surface area contributed by atoms with Crippen LogP contribution in [0.1, 0.15) is 32.6 Å². The number of rotatable bonds is 5. The molecule has 0 saturated heterocycles. The van der Waals surface area contributed by atoms with Crippen LogP contribution in [-0.2, 0) is 0 Å². The van der Waals surface area contributed by atoms with Crippen LogP contribution in [0.4, 0.5) is 13.2 Å².